The Morgan fingerprint density at radius 3 is 2.69 bits per heavy atom. The first kappa shape index (κ1) is 25.9. The number of carboxylic acids is 1. The highest BCUT2D eigenvalue weighted by atomic mass is 19.4. The van der Waals surface area contributed by atoms with Crippen LogP contribution in [0.4, 0.5) is 13.2 Å². The van der Waals surface area contributed by atoms with E-state index in [1.54, 1.807) is 6.08 Å². The molecule has 1 aliphatic rings. The summed E-state index contributed by atoms with van der Waals surface area (Å²) in [5, 5.41) is 41.0. The summed E-state index contributed by atoms with van der Waals surface area (Å²) in [7, 11) is 0. The van der Waals surface area contributed by atoms with Gasteiger partial charge < -0.3 is 30.0 Å². The molecule has 1 aromatic rings. The van der Waals surface area contributed by atoms with Crippen molar-refractivity contribution in [2.75, 3.05) is 6.61 Å². The van der Waals surface area contributed by atoms with E-state index in [0.717, 1.165) is 12.1 Å². The van der Waals surface area contributed by atoms with Gasteiger partial charge in [0.15, 0.2) is 0 Å². The molecule has 0 spiro atoms. The first-order chi connectivity index (χ1) is 15.1. The largest absolute Gasteiger partial charge is 0.550 e. The lowest BCUT2D eigenvalue weighted by molar-refractivity contribution is -0.305. The molecular formula is C23H28F3O6-. The van der Waals surface area contributed by atoms with Crippen molar-refractivity contribution in [3.63, 3.8) is 0 Å². The van der Waals surface area contributed by atoms with Gasteiger partial charge in [-0.3, -0.25) is 0 Å². The van der Waals surface area contributed by atoms with Crippen LogP contribution in [0.25, 0.3) is 0 Å². The number of hydrogen-bond donors (Lipinski definition) is 3. The van der Waals surface area contributed by atoms with Crippen LogP contribution in [0.15, 0.2) is 48.6 Å². The van der Waals surface area contributed by atoms with Gasteiger partial charge in [-0.1, -0.05) is 30.4 Å². The molecule has 1 aliphatic carbocycles. The second-order valence-electron chi connectivity index (χ2n) is 7.87. The maximum atomic E-state index is 12.8. The summed E-state index contributed by atoms with van der Waals surface area (Å²) in [4.78, 5) is 10.4. The van der Waals surface area contributed by atoms with Crippen molar-refractivity contribution < 1.29 is 43.1 Å². The molecule has 0 aliphatic heterocycles. The maximum Gasteiger partial charge on any atom is 0.416 e. The summed E-state index contributed by atoms with van der Waals surface area (Å²) in [6.07, 6.45) is 1.15. The van der Waals surface area contributed by atoms with Crippen LogP contribution in [0, 0.1) is 11.8 Å². The van der Waals surface area contributed by atoms with Gasteiger partial charge in [-0.25, -0.2) is 0 Å². The van der Waals surface area contributed by atoms with Gasteiger partial charge in [0, 0.05) is 18.3 Å². The van der Waals surface area contributed by atoms with Crippen LogP contribution >= 0.6 is 0 Å². The lowest BCUT2D eigenvalue weighted by atomic mass is 9.89. The standard InChI is InChI=1S/C23H29F3O6/c24-23(25,26)15-6-5-7-17(12-15)32-14-16(27)10-11-19-18(20(28)13-21(19)29)8-3-1-2-4-9-22(30)31/h1,3,5-7,10-12,16,18-21,27-29H,2,4,8-9,13-14H2,(H,30,31)/p-1/b3-1-,11-10+/t16-,18+,19+,20-,21+/m0/s1. The zero-order chi connectivity index (χ0) is 23.7. The molecule has 32 heavy (non-hydrogen) atoms. The molecule has 0 amide bonds. The monoisotopic (exact) mass is 457 g/mol. The third-order valence-electron chi connectivity index (χ3n) is 5.38. The van der Waals surface area contributed by atoms with E-state index in [2.05, 4.69) is 0 Å². The molecule has 9 heteroatoms. The lowest BCUT2D eigenvalue weighted by Crippen LogP contribution is -2.21. The molecule has 0 aromatic heterocycles. The molecule has 5 atom stereocenters. The fourth-order valence-corrected chi connectivity index (χ4v) is 3.70. The highest BCUT2D eigenvalue weighted by Gasteiger charge is 2.39. The number of hydrogen-bond acceptors (Lipinski definition) is 6. The van der Waals surface area contributed by atoms with Gasteiger partial charge in [-0.15, -0.1) is 0 Å². The second kappa shape index (κ2) is 12.0. The van der Waals surface area contributed by atoms with Crippen LogP contribution in [0.1, 0.15) is 37.7 Å². The average Bonchev–Trinajstić information content (AvgIpc) is 2.99. The molecular weight excluding hydrogens is 429 g/mol. The number of aliphatic hydroxyl groups is 3. The molecule has 2 rings (SSSR count). The Hall–Kier alpha value is -2.36. The van der Waals surface area contributed by atoms with E-state index in [-0.39, 0.29) is 31.1 Å². The molecule has 1 fully saturated rings. The van der Waals surface area contributed by atoms with Crippen molar-refractivity contribution in [3.8, 4) is 5.75 Å². The van der Waals surface area contributed by atoms with Crippen molar-refractivity contribution in [1.82, 2.24) is 0 Å². The number of alkyl halides is 3. The Morgan fingerprint density at radius 2 is 2.00 bits per heavy atom. The smallest absolute Gasteiger partial charge is 0.416 e. The molecule has 1 aromatic carbocycles. The number of aliphatic carboxylic acids is 1. The fourth-order valence-electron chi connectivity index (χ4n) is 3.70. The number of benzene rings is 1. The summed E-state index contributed by atoms with van der Waals surface area (Å²) in [6, 6.07) is 4.35. The van der Waals surface area contributed by atoms with Crippen LogP contribution in [-0.4, -0.2) is 46.2 Å². The minimum absolute atomic E-state index is 0.0229. The van der Waals surface area contributed by atoms with E-state index in [0.29, 0.717) is 19.3 Å². The van der Waals surface area contributed by atoms with Crippen molar-refractivity contribution in [3.05, 3.63) is 54.1 Å². The molecule has 3 N–H and O–H groups in total. The topological polar surface area (TPSA) is 110 Å². The minimum Gasteiger partial charge on any atom is -0.550 e. The van der Waals surface area contributed by atoms with Gasteiger partial charge in [-0.2, -0.15) is 13.2 Å². The molecule has 0 unspecified atom stereocenters. The summed E-state index contributed by atoms with van der Waals surface area (Å²) in [6.45, 7) is -0.272. The first-order valence-electron chi connectivity index (χ1n) is 10.5. The van der Waals surface area contributed by atoms with Crippen molar-refractivity contribution >= 4 is 5.97 Å². The normalized spacial score (nSPS) is 24.9. The number of carbonyl (C=O) groups excluding carboxylic acids is 1. The number of halogens is 3. The van der Waals surface area contributed by atoms with E-state index in [9.17, 15) is 38.4 Å². The fraction of sp³-hybridized carbons (Fsp3) is 0.522. The van der Waals surface area contributed by atoms with Gasteiger partial charge >= 0.3 is 6.18 Å². The Balaban J connectivity index is 1.87. The Bertz CT molecular complexity index is 792. The van der Waals surface area contributed by atoms with Gasteiger partial charge in [-0.05, 0) is 49.8 Å². The van der Waals surface area contributed by atoms with Gasteiger partial charge in [0.1, 0.15) is 18.5 Å². The molecule has 0 heterocycles. The number of unbranched alkanes of at least 4 members (excludes halogenated alkanes) is 1. The molecule has 1 saturated carbocycles. The minimum atomic E-state index is -4.49. The number of carboxylic acid groups (broad SMARTS) is 1. The highest BCUT2D eigenvalue weighted by molar-refractivity contribution is 5.64. The number of aliphatic hydroxyl groups excluding tert-OH is 3. The lowest BCUT2D eigenvalue weighted by Gasteiger charge is -2.19. The number of carbonyl (C=O) groups is 1. The third-order valence-corrected chi connectivity index (χ3v) is 5.38. The quantitative estimate of drug-likeness (QED) is 0.347. The number of rotatable bonds is 11. The summed E-state index contributed by atoms with van der Waals surface area (Å²) in [5.74, 6) is -1.82. The van der Waals surface area contributed by atoms with Crippen LogP contribution in [0.5, 0.6) is 5.75 Å². The zero-order valence-electron chi connectivity index (χ0n) is 17.4. The van der Waals surface area contributed by atoms with E-state index in [4.69, 9.17) is 4.74 Å². The predicted molar refractivity (Wildman–Crippen MR) is 108 cm³/mol. The van der Waals surface area contributed by atoms with Crippen LogP contribution in [0.2, 0.25) is 0 Å². The summed E-state index contributed by atoms with van der Waals surface area (Å²) in [5.41, 5.74) is -0.848. The second-order valence-corrected chi connectivity index (χ2v) is 7.87. The molecule has 0 bridgehead atoms. The van der Waals surface area contributed by atoms with Crippen molar-refractivity contribution in [1.29, 1.82) is 0 Å². The Labute approximate surface area is 184 Å². The molecule has 0 saturated heterocycles. The van der Waals surface area contributed by atoms with E-state index in [1.807, 2.05) is 12.2 Å². The summed E-state index contributed by atoms with van der Waals surface area (Å²) >= 11 is 0. The van der Waals surface area contributed by atoms with E-state index >= 15 is 0 Å². The van der Waals surface area contributed by atoms with Crippen LogP contribution in [0.3, 0.4) is 0 Å². The summed E-state index contributed by atoms with van der Waals surface area (Å²) < 4.78 is 43.5. The number of ether oxygens (including phenoxy) is 1. The van der Waals surface area contributed by atoms with Crippen LogP contribution in [-0.2, 0) is 11.0 Å². The van der Waals surface area contributed by atoms with E-state index in [1.165, 1.54) is 18.2 Å². The maximum absolute atomic E-state index is 12.8. The van der Waals surface area contributed by atoms with Crippen molar-refractivity contribution in [2.24, 2.45) is 11.8 Å². The van der Waals surface area contributed by atoms with Crippen LogP contribution < -0.4 is 9.84 Å². The molecule has 6 nitrogen and oxygen atoms in total. The van der Waals surface area contributed by atoms with Gasteiger partial charge in [0.25, 0.3) is 0 Å². The van der Waals surface area contributed by atoms with Gasteiger partial charge in [0.2, 0.25) is 0 Å². The zero-order valence-corrected chi connectivity index (χ0v) is 17.4. The highest BCUT2D eigenvalue weighted by Crippen LogP contribution is 2.36. The third kappa shape index (κ3) is 8.29. The predicted octanol–water partition coefficient (Wildman–Crippen LogP) is 2.23. The van der Waals surface area contributed by atoms with Crippen molar-refractivity contribution in [2.45, 2.75) is 56.6 Å². The van der Waals surface area contributed by atoms with Gasteiger partial charge in [0.05, 0.1) is 17.8 Å². The first-order valence-corrected chi connectivity index (χ1v) is 10.5. The average molecular weight is 457 g/mol. The Morgan fingerprint density at radius 1 is 1.25 bits per heavy atom. The Kier molecular flexibility index (Phi) is 9.74. The van der Waals surface area contributed by atoms with E-state index < -0.39 is 41.9 Å². The number of allylic oxidation sites excluding steroid dienone is 2. The molecule has 178 valence electrons. The SMILES string of the molecule is O=C([O-])CCC/C=C\C[C@@H]1[C@@H](/C=C/[C@H](O)COc2cccc(C(F)(F)F)c2)[C@H](O)C[C@@H]1O. The molecule has 0 radical (unpaired) electrons.